The molecule has 0 aromatic heterocycles. The van der Waals surface area contributed by atoms with Gasteiger partial charge >= 0.3 is 0 Å². The SMILES string of the molecule is N[C@H]1CC[C@H](N2CCCCC2)C1. The summed E-state index contributed by atoms with van der Waals surface area (Å²) in [4.78, 5) is 2.66. The molecule has 2 fully saturated rings. The molecular formula is C10H20N2. The zero-order chi connectivity index (χ0) is 8.39. The molecular weight excluding hydrogens is 148 g/mol. The summed E-state index contributed by atoms with van der Waals surface area (Å²) in [5.74, 6) is 0. The predicted octanol–water partition coefficient (Wildman–Crippen LogP) is 1.35. The molecule has 0 bridgehead atoms. The Morgan fingerprint density at radius 2 is 1.75 bits per heavy atom. The molecule has 70 valence electrons. The third kappa shape index (κ3) is 1.80. The van der Waals surface area contributed by atoms with Crippen LogP contribution in [-0.2, 0) is 0 Å². The molecule has 0 aromatic rings. The first-order chi connectivity index (χ1) is 5.86. The second-order valence-corrected chi connectivity index (χ2v) is 4.32. The zero-order valence-electron chi connectivity index (χ0n) is 7.84. The molecule has 0 aromatic carbocycles. The Bertz CT molecular complexity index is 138. The van der Waals surface area contributed by atoms with Gasteiger partial charge in [-0.3, -0.25) is 0 Å². The van der Waals surface area contributed by atoms with Crippen LogP contribution in [0.2, 0.25) is 0 Å². The van der Waals surface area contributed by atoms with E-state index in [1.54, 1.807) is 0 Å². The van der Waals surface area contributed by atoms with E-state index in [-0.39, 0.29) is 0 Å². The van der Waals surface area contributed by atoms with Gasteiger partial charge in [0.1, 0.15) is 0 Å². The smallest absolute Gasteiger partial charge is 0.0111 e. The lowest BCUT2D eigenvalue weighted by atomic mass is 10.1. The number of nitrogens with two attached hydrogens (primary N) is 1. The molecule has 2 rings (SSSR count). The van der Waals surface area contributed by atoms with Crippen LogP contribution in [0.25, 0.3) is 0 Å². The first-order valence-corrected chi connectivity index (χ1v) is 5.36. The van der Waals surface area contributed by atoms with Crippen LogP contribution in [0.4, 0.5) is 0 Å². The van der Waals surface area contributed by atoms with Crippen molar-refractivity contribution in [3.8, 4) is 0 Å². The van der Waals surface area contributed by atoms with Crippen LogP contribution in [-0.4, -0.2) is 30.1 Å². The number of hydrogen-bond donors (Lipinski definition) is 1. The summed E-state index contributed by atoms with van der Waals surface area (Å²) in [6, 6.07) is 1.33. The molecule has 2 N–H and O–H groups in total. The minimum absolute atomic E-state index is 0.497. The molecule has 2 atom stereocenters. The second-order valence-electron chi connectivity index (χ2n) is 4.32. The van der Waals surface area contributed by atoms with Gasteiger partial charge in [-0.25, -0.2) is 0 Å². The van der Waals surface area contributed by atoms with Crippen molar-refractivity contribution >= 4 is 0 Å². The van der Waals surface area contributed by atoms with Crippen LogP contribution in [0, 0.1) is 0 Å². The van der Waals surface area contributed by atoms with Crippen molar-refractivity contribution in [2.75, 3.05) is 13.1 Å². The van der Waals surface area contributed by atoms with Crippen molar-refractivity contribution in [3.05, 3.63) is 0 Å². The number of hydrogen-bond acceptors (Lipinski definition) is 2. The Morgan fingerprint density at radius 1 is 1.00 bits per heavy atom. The van der Waals surface area contributed by atoms with E-state index < -0.39 is 0 Å². The first kappa shape index (κ1) is 8.52. The summed E-state index contributed by atoms with van der Waals surface area (Å²) in [7, 11) is 0. The average molecular weight is 168 g/mol. The molecule has 1 aliphatic carbocycles. The highest BCUT2D eigenvalue weighted by Crippen LogP contribution is 2.25. The van der Waals surface area contributed by atoms with Gasteiger partial charge in [0.2, 0.25) is 0 Å². The third-order valence-electron chi connectivity index (χ3n) is 3.35. The van der Waals surface area contributed by atoms with Crippen LogP contribution in [0.1, 0.15) is 38.5 Å². The molecule has 2 nitrogen and oxygen atoms in total. The predicted molar refractivity (Wildman–Crippen MR) is 51.0 cm³/mol. The van der Waals surface area contributed by atoms with Crippen LogP contribution in [0.15, 0.2) is 0 Å². The molecule has 2 heteroatoms. The van der Waals surface area contributed by atoms with Gasteiger partial charge in [-0.1, -0.05) is 6.42 Å². The van der Waals surface area contributed by atoms with Crippen molar-refractivity contribution in [1.29, 1.82) is 0 Å². The highest BCUT2D eigenvalue weighted by Gasteiger charge is 2.27. The second kappa shape index (κ2) is 3.75. The van der Waals surface area contributed by atoms with Gasteiger partial charge in [0.05, 0.1) is 0 Å². The van der Waals surface area contributed by atoms with Gasteiger partial charge in [0, 0.05) is 12.1 Å². The van der Waals surface area contributed by atoms with Gasteiger partial charge < -0.3 is 10.6 Å². The van der Waals surface area contributed by atoms with Crippen LogP contribution < -0.4 is 5.73 Å². The van der Waals surface area contributed by atoms with E-state index in [1.165, 1.54) is 51.6 Å². The third-order valence-corrected chi connectivity index (χ3v) is 3.35. The van der Waals surface area contributed by atoms with Gasteiger partial charge in [-0.2, -0.15) is 0 Å². The van der Waals surface area contributed by atoms with Crippen molar-refractivity contribution in [2.24, 2.45) is 5.73 Å². The molecule has 1 saturated carbocycles. The largest absolute Gasteiger partial charge is 0.328 e. The summed E-state index contributed by atoms with van der Waals surface area (Å²) in [5.41, 5.74) is 5.91. The fourth-order valence-corrected chi connectivity index (χ4v) is 2.61. The number of likely N-dealkylation sites (tertiary alicyclic amines) is 1. The standard InChI is InChI=1S/C10H20N2/c11-9-4-5-10(8-9)12-6-2-1-3-7-12/h9-10H,1-8,11H2/t9-,10-/m0/s1. The Labute approximate surface area is 75.1 Å². The lowest BCUT2D eigenvalue weighted by Gasteiger charge is -2.32. The van der Waals surface area contributed by atoms with Crippen molar-refractivity contribution in [3.63, 3.8) is 0 Å². The molecule has 0 unspecified atom stereocenters. The normalized spacial score (nSPS) is 38.8. The number of nitrogens with zero attached hydrogens (tertiary/aromatic N) is 1. The van der Waals surface area contributed by atoms with Gasteiger partial charge in [-0.05, 0) is 45.2 Å². The quantitative estimate of drug-likeness (QED) is 0.640. The molecule has 0 radical (unpaired) electrons. The Kier molecular flexibility index (Phi) is 2.66. The summed E-state index contributed by atoms with van der Waals surface area (Å²) in [5, 5.41) is 0. The first-order valence-electron chi connectivity index (χ1n) is 5.36. The Hall–Kier alpha value is -0.0800. The van der Waals surface area contributed by atoms with Crippen molar-refractivity contribution in [1.82, 2.24) is 4.90 Å². The highest BCUT2D eigenvalue weighted by molar-refractivity contribution is 4.85. The van der Waals surface area contributed by atoms with Crippen LogP contribution >= 0.6 is 0 Å². The van der Waals surface area contributed by atoms with Crippen molar-refractivity contribution in [2.45, 2.75) is 50.6 Å². The topological polar surface area (TPSA) is 29.3 Å². The number of piperidine rings is 1. The minimum atomic E-state index is 0.497. The maximum atomic E-state index is 5.91. The van der Waals surface area contributed by atoms with Gasteiger partial charge in [0.25, 0.3) is 0 Å². The fraction of sp³-hybridized carbons (Fsp3) is 1.00. The molecule has 1 heterocycles. The molecule has 2 aliphatic rings. The fourth-order valence-electron chi connectivity index (χ4n) is 2.61. The van der Waals surface area contributed by atoms with E-state index >= 15 is 0 Å². The van der Waals surface area contributed by atoms with E-state index in [0.717, 1.165) is 6.04 Å². The Balaban J connectivity index is 1.83. The molecule has 12 heavy (non-hydrogen) atoms. The lowest BCUT2D eigenvalue weighted by Crippen LogP contribution is -2.38. The van der Waals surface area contributed by atoms with E-state index in [0.29, 0.717) is 6.04 Å². The lowest BCUT2D eigenvalue weighted by molar-refractivity contribution is 0.164. The van der Waals surface area contributed by atoms with Gasteiger partial charge in [-0.15, -0.1) is 0 Å². The molecule has 0 amide bonds. The molecule has 1 aliphatic heterocycles. The maximum Gasteiger partial charge on any atom is 0.0111 e. The van der Waals surface area contributed by atoms with E-state index in [2.05, 4.69) is 4.90 Å². The highest BCUT2D eigenvalue weighted by atomic mass is 15.2. The zero-order valence-corrected chi connectivity index (χ0v) is 7.84. The summed E-state index contributed by atoms with van der Waals surface area (Å²) < 4.78 is 0. The molecule has 0 spiro atoms. The van der Waals surface area contributed by atoms with Crippen LogP contribution in [0.5, 0.6) is 0 Å². The Morgan fingerprint density at radius 3 is 2.33 bits per heavy atom. The minimum Gasteiger partial charge on any atom is -0.328 e. The maximum absolute atomic E-state index is 5.91. The van der Waals surface area contributed by atoms with Crippen LogP contribution in [0.3, 0.4) is 0 Å². The number of rotatable bonds is 1. The average Bonchev–Trinajstić information content (AvgIpc) is 2.54. The van der Waals surface area contributed by atoms with Crippen molar-refractivity contribution < 1.29 is 0 Å². The van der Waals surface area contributed by atoms with Gasteiger partial charge in [0.15, 0.2) is 0 Å². The monoisotopic (exact) mass is 168 g/mol. The van der Waals surface area contributed by atoms with E-state index in [4.69, 9.17) is 5.73 Å². The summed E-state index contributed by atoms with van der Waals surface area (Å²) >= 11 is 0. The van der Waals surface area contributed by atoms with E-state index in [1.807, 2.05) is 0 Å². The summed E-state index contributed by atoms with van der Waals surface area (Å²) in [6.07, 6.45) is 8.11. The van der Waals surface area contributed by atoms with E-state index in [9.17, 15) is 0 Å². The summed E-state index contributed by atoms with van der Waals surface area (Å²) in [6.45, 7) is 2.66. The molecule has 1 saturated heterocycles.